The van der Waals surface area contributed by atoms with Crippen molar-refractivity contribution in [2.75, 3.05) is 25.2 Å². The molecule has 1 saturated heterocycles. The molecule has 0 amide bonds. The van der Waals surface area contributed by atoms with E-state index in [4.69, 9.17) is 9.47 Å². The minimum absolute atomic E-state index is 0.150. The molecule has 2 aliphatic rings. The van der Waals surface area contributed by atoms with Crippen LogP contribution in [-0.2, 0) is 14.3 Å². The molecule has 0 aromatic carbocycles. The van der Waals surface area contributed by atoms with Gasteiger partial charge >= 0.3 is 0 Å². The molecule has 0 aromatic rings. The molecule has 1 heterocycles. The van der Waals surface area contributed by atoms with Crippen LogP contribution in [0.15, 0.2) is 23.3 Å². The van der Waals surface area contributed by atoms with Crippen molar-refractivity contribution in [3.8, 4) is 0 Å². The fourth-order valence-corrected chi connectivity index (χ4v) is 2.58. The first-order valence-electron chi connectivity index (χ1n) is 7.49. The summed E-state index contributed by atoms with van der Waals surface area (Å²) in [7, 11) is 0. The minimum Gasteiger partial charge on any atom is -0.381 e. The molecule has 0 N–H and O–H groups in total. The number of alkyl halides is 1. The van der Waals surface area contributed by atoms with E-state index in [0.29, 0.717) is 11.9 Å². The number of hydrogen-bond donors (Lipinski definition) is 0. The van der Waals surface area contributed by atoms with Gasteiger partial charge in [-0.3, -0.25) is 4.79 Å². The van der Waals surface area contributed by atoms with Gasteiger partial charge in [-0.25, -0.2) is 0 Å². The van der Waals surface area contributed by atoms with E-state index in [9.17, 15) is 4.79 Å². The highest BCUT2D eigenvalue weighted by atomic mass is 79.9. The molecule has 0 spiro atoms. The minimum atomic E-state index is 0.150. The Hall–Kier alpha value is -0.450. The molecule has 114 valence electrons. The predicted molar refractivity (Wildman–Crippen MR) is 85.3 cm³/mol. The zero-order valence-electron chi connectivity index (χ0n) is 12.5. The molecule has 2 rings (SSSR count). The zero-order chi connectivity index (χ0) is 14.8. The molecular weight excluding hydrogens is 320 g/mol. The van der Waals surface area contributed by atoms with Crippen molar-refractivity contribution in [3.63, 3.8) is 0 Å². The van der Waals surface area contributed by atoms with Crippen molar-refractivity contribution in [1.29, 1.82) is 0 Å². The molecule has 0 radical (unpaired) electrons. The molecule has 20 heavy (non-hydrogen) atoms. The summed E-state index contributed by atoms with van der Waals surface area (Å²) in [6.45, 7) is 6.12. The van der Waals surface area contributed by atoms with E-state index in [1.165, 1.54) is 0 Å². The second-order valence-electron chi connectivity index (χ2n) is 4.60. The van der Waals surface area contributed by atoms with Gasteiger partial charge in [0.15, 0.2) is 5.78 Å². The summed E-state index contributed by atoms with van der Waals surface area (Å²) in [5, 5.41) is 0.382. The van der Waals surface area contributed by atoms with Crippen LogP contribution in [0.1, 0.15) is 39.5 Å². The Morgan fingerprint density at radius 2 is 1.95 bits per heavy atom. The number of halogens is 1. The molecule has 0 bridgehead atoms. The van der Waals surface area contributed by atoms with Gasteiger partial charge in [-0.2, -0.15) is 0 Å². The molecule has 1 fully saturated rings. The Labute approximate surface area is 130 Å². The van der Waals surface area contributed by atoms with Gasteiger partial charge in [-0.05, 0) is 31.3 Å². The summed E-state index contributed by atoms with van der Waals surface area (Å²) in [6, 6.07) is 0. The SMILES string of the molecule is CC.O=C(CBr)C1=CCCC=C1COC1CCOCC1. The third-order valence-corrected chi connectivity index (χ3v) is 3.83. The Morgan fingerprint density at radius 3 is 2.60 bits per heavy atom. The highest BCUT2D eigenvalue weighted by molar-refractivity contribution is 9.09. The highest BCUT2D eigenvalue weighted by Gasteiger charge is 2.19. The van der Waals surface area contributed by atoms with E-state index in [2.05, 4.69) is 22.0 Å². The van der Waals surface area contributed by atoms with Crippen LogP contribution in [-0.4, -0.2) is 37.0 Å². The topological polar surface area (TPSA) is 35.5 Å². The Kier molecular flexibility index (Phi) is 9.07. The summed E-state index contributed by atoms with van der Waals surface area (Å²) in [5.74, 6) is 0.150. The van der Waals surface area contributed by atoms with Crippen LogP contribution >= 0.6 is 15.9 Å². The van der Waals surface area contributed by atoms with E-state index in [0.717, 1.165) is 50.0 Å². The van der Waals surface area contributed by atoms with Crippen LogP contribution in [0.5, 0.6) is 0 Å². The van der Waals surface area contributed by atoms with Crippen molar-refractivity contribution in [2.45, 2.75) is 45.6 Å². The Bertz CT molecular complexity index is 355. The molecule has 0 atom stereocenters. The van der Waals surface area contributed by atoms with Gasteiger partial charge < -0.3 is 9.47 Å². The van der Waals surface area contributed by atoms with Gasteiger partial charge in [-0.15, -0.1) is 0 Å². The molecule has 0 aromatic heterocycles. The zero-order valence-corrected chi connectivity index (χ0v) is 14.1. The number of carbonyl (C=O) groups excluding carboxylic acids is 1. The van der Waals surface area contributed by atoms with Gasteiger partial charge in [0.2, 0.25) is 0 Å². The normalized spacial score (nSPS) is 19.6. The van der Waals surface area contributed by atoms with Crippen LogP contribution < -0.4 is 0 Å². The summed E-state index contributed by atoms with van der Waals surface area (Å²) in [6.07, 6.45) is 8.32. The van der Waals surface area contributed by atoms with Gasteiger partial charge in [0.25, 0.3) is 0 Å². The maximum atomic E-state index is 11.8. The third-order valence-electron chi connectivity index (χ3n) is 3.32. The predicted octanol–water partition coefficient (Wildman–Crippen LogP) is 3.82. The molecule has 0 saturated carbocycles. The number of ether oxygens (including phenoxy) is 2. The van der Waals surface area contributed by atoms with E-state index in [1.807, 2.05) is 19.9 Å². The van der Waals surface area contributed by atoms with Crippen LogP contribution in [0, 0.1) is 0 Å². The number of carbonyl (C=O) groups is 1. The van der Waals surface area contributed by atoms with E-state index in [-0.39, 0.29) is 11.9 Å². The van der Waals surface area contributed by atoms with E-state index in [1.54, 1.807) is 0 Å². The summed E-state index contributed by atoms with van der Waals surface area (Å²) < 4.78 is 11.2. The van der Waals surface area contributed by atoms with Crippen molar-refractivity contribution in [3.05, 3.63) is 23.3 Å². The number of rotatable bonds is 5. The average Bonchev–Trinajstić information content (AvgIpc) is 2.55. The monoisotopic (exact) mass is 344 g/mol. The number of allylic oxidation sites excluding steroid dienone is 2. The summed E-state index contributed by atoms with van der Waals surface area (Å²) in [4.78, 5) is 11.8. The van der Waals surface area contributed by atoms with Gasteiger partial charge in [0.05, 0.1) is 18.0 Å². The summed E-state index contributed by atoms with van der Waals surface area (Å²) in [5.41, 5.74) is 1.89. The van der Waals surface area contributed by atoms with Crippen molar-refractivity contribution < 1.29 is 14.3 Å². The molecule has 0 unspecified atom stereocenters. The van der Waals surface area contributed by atoms with Crippen LogP contribution in [0.2, 0.25) is 0 Å². The van der Waals surface area contributed by atoms with Gasteiger partial charge in [0, 0.05) is 18.8 Å². The highest BCUT2D eigenvalue weighted by Crippen LogP contribution is 2.22. The number of hydrogen-bond acceptors (Lipinski definition) is 3. The van der Waals surface area contributed by atoms with Crippen molar-refractivity contribution in [1.82, 2.24) is 0 Å². The lowest BCUT2D eigenvalue weighted by molar-refractivity contribution is -0.113. The second kappa shape index (κ2) is 10.3. The average molecular weight is 345 g/mol. The lowest BCUT2D eigenvalue weighted by atomic mass is 9.95. The largest absolute Gasteiger partial charge is 0.381 e. The van der Waals surface area contributed by atoms with E-state index < -0.39 is 0 Å². The molecule has 4 heteroatoms. The van der Waals surface area contributed by atoms with Crippen molar-refractivity contribution in [2.24, 2.45) is 0 Å². The standard InChI is InChI=1S/C14H19BrO3.C2H6/c15-9-14(16)13-4-2-1-3-11(13)10-18-12-5-7-17-8-6-12;1-2/h3-4,12H,1-2,5-10H2;1-2H3. The lowest BCUT2D eigenvalue weighted by Crippen LogP contribution is -2.25. The Balaban J connectivity index is 0.000000956. The quantitative estimate of drug-likeness (QED) is 0.711. The first kappa shape index (κ1) is 17.6. The van der Waals surface area contributed by atoms with Crippen molar-refractivity contribution >= 4 is 21.7 Å². The second-order valence-corrected chi connectivity index (χ2v) is 5.16. The lowest BCUT2D eigenvalue weighted by Gasteiger charge is -2.24. The molecule has 1 aliphatic heterocycles. The van der Waals surface area contributed by atoms with Gasteiger partial charge in [0.1, 0.15) is 0 Å². The van der Waals surface area contributed by atoms with E-state index >= 15 is 0 Å². The Morgan fingerprint density at radius 1 is 1.30 bits per heavy atom. The number of ketones is 1. The van der Waals surface area contributed by atoms with Crippen LogP contribution in [0.3, 0.4) is 0 Å². The maximum Gasteiger partial charge on any atom is 0.173 e. The van der Waals surface area contributed by atoms with Crippen LogP contribution in [0.25, 0.3) is 0 Å². The summed E-state index contributed by atoms with van der Waals surface area (Å²) >= 11 is 3.23. The first-order chi connectivity index (χ1) is 9.81. The maximum absolute atomic E-state index is 11.8. The fourth-order valence-electron chi connectivity index (χ4n) is 2.28. The third kappa shape index (κ3) is 5.51. The number of Topliss-reactive ketones (excluding diaryl/α,β-unsaturated/α-hetero) is 1. The first-order valence-corrected chi connectivity index (χ1v) is 8.61. The molecule has 3 nitrogen and oxygen atoms in total. The van der Waals surface area contributed by atoms with Crippen LogP contribution in [0.4, 0.5) is 0 Å². The molecule has 1 aliphatic carbocycles. The smallest absolute Gasteiger partial charge is 0.173 e. The fraction of sp³-hybridized carbons (Fsp3) is 0.688. The molecular formula is C16H25BrO3. The van der Waals surface area contributed by atoms with Gasteiger partial charge in [-0.1, -0.05) is 41.9 Å².